The summed E-state index contributed by atoms with van der Waals surface area (Å²) in [5.41, 5.74) is 1.27. The van der Waals surface area contributed by atoms with E-state index in [2.05, 4.69) is 5.32 Å². The van der Waals surface area contributed by atoms with Crippen LogP contribution >= 0.6 is 23.2 Å². The summed E-state index contributed by atoms with van der Waals surface area (Å²) in [5.74, 6) is -0.505. The third-order valence-corrected chi connectivity index (χ3v) is 6.79. The van der Waals surface area contributed by atoms with Crippen molar-refractivity contribution in [1.82, 2.24) is 10.2 Å². The van der Waals surface area contributed by atoms with Crippen LogP contribution in [0.3, 0.4) is 0 Å². The predicted octanol–water partition coefficient (Wildman–Crippen LogP) is 4.48. The number of carbonyl (C=O) groups excluding carboxylic acids is 2. The van der Waals surface area contributed by atoms with Gasteiger partial charge in [0.2, 0.25) is 21.8 Å². The summed E-state index contributed by atoms with van der Waals surface area (Å²) in [7, 11) is -3.58. The highest BCUT2D eigenvalue weighted by Gasteiger charge is 2.27. The number of carbonyl (C=O) groups is 2. The average molecular weight is 529 g/mol. The zero-order valence-corrected chi connectivity index (χ0v) is 22.1. The molecule has 2 amide bonds. The van der Waals surface area contributed by atoms with Crippen LogP contribution in [-0.4, -0.2) is 50.0 Å². The number of hydrogen-bond donors (Lipinski definition) is 1. The molecule has 2 rings (SSSR count). The van der Waals surface area contributed by atoms with Gasteiger partial charge in [-0.25, -0.2) is 8.42 Å². The number of hydrogen-bond acceptors (Lipinski definition) is 4. The van der Waals surface area contributed by atoms with E-state index < -0.39 is 16.1 Å². The second-order valence-corrected chi connectivity index (χ2v) is 11.2. The number of halogens is 2. The summed E-state index contributed by atoms with van der Waals surface area (Å²) in [6, 6.07) is 12.8. The monoisotopic (exact) mass is 527 g/mol. The van der Waals surface area contributed by atoms with E-state index in [1.54, 1.807) is 55.5 Å². The highest BCUT2D eigenvalue weighted by Crippen LogP contribution is 2.23. The normalized spacial score (nSPS) is 12.3. The fraction of sp³-hybridized carbons (Fsp3) is 0.417. The van der Waals surface area contributed by atoms with E-state index in [0.717, 1.165) is 11.8 Å². The minimum Gasteiger partial charge on any atom is -0.352 e. The van der Waals surface area contributed by atoms with E-state index in [1.807, 2.05) is 13.8 Å². The molecule has 0 spiro atoms. The number of anilines is 1. The highest BCUT2D eigenvalue weighted by molar-refractivity contribution is 7.92. The summed E-state index contributed by atoms with van der Waals surface area (Å²) in [6.45, 7) is 5.72. The molecule has 1 N–H and O–H groups in total. The molecule has 0 unspecified atom stereocenters. The summed E-state index contributed by atoms with van der Waals surface area (Å²) >= 11 is 12.0. The molecule has 0 bridgehead atoms. The van der Waals surface area contributed by atoms with Crippen molar-refractivity contribution >= 4 is 50.7 Å². The fourth-order valence-electron chi connectivity index (χ4n) is 3.41. The first kappa shape index (κ1) is 28.0. The molecule has 0 saturated heterocycles. The van der Waals surface area contributed by atoms with Crippen LogP contribution in [0.2, 0.25) is 10.0 Å². The molecule has 7 nitrogen and oxygen atoms in total. The Balaban J connectivity index is 2.16. The number of rotatable bonds is 11. The Morgan fingerprint density at radius 1 is 1.00 bits per heavy atom. The summed E-state index contributed by atoms with van der Waals surface area (Å²) in [6.07, 6.45) is 1.45. The van der Waals surface area contributed by atoms with Crippen LogP contribution in [0.25, 0.3) is 0 Å². The molecule has 0 radical (unpaired) electrons. The molecule has 0 fully saturated rings. The Morgan fingerprint density at radius 2 is 1.65 bits per heavy atom. The summed E-state index contributed by atoms with van der Waals surface area (Å²) < 4.78 is 25.9. The minimum atomic E-state index is -3.58. The largest absolute Gasteiger partial charge is 0.352 e. The van der Waals surface area contributed by atoms with Crippen molar-refractivity contribution < 1.29 is 18.0 Å². The van der Waals surface area contributed by atoms with Gasteiger partial charge >= 0.3 is 0 Å². The molecule has 0 heterocycles. The van der Waals surface area contributed by atoms with Crippen molar-refractivity contribution in [3.8, 4) is 0 Å². The third-order valence-electron chi connectivity index (χ3n) is 5.11. The summed E-state index contributed by atoms with van der Waals surface area (Å²) in [5, 5.41) is 3.84. The summed E-state index contributed by atoms with van der Waals surface area (Å²) in [4.78, 5) is 27.4. The van der Waals surface area contributed by atoms with Crippen LogP contribution in [-0.2, 0) is 26.2 Å². The van der Waals surface area contributed by atoms with Crippen molar-refractivity contribution in [2.24, 2.45) is 0 Å². The quantitative estimate of drug-likeness (QED) is 0.466. The average Bonchev–Trinajstić information content (AvgIpc) is 2.74. The smallest absolute Gasteiger partial charge is 0.242 e. The van der Waals surface area contributed by atoms with E-state index in [4.69, 9.17) is 23.2 Å². The molecule has 34 heavy (non-hydrogen) atoms. The lowest BCUT2D eigenvalue weighted by Crippen LogP contribution is -2.49. The second-order valence-electron chi connectivity index (χ2n) is 8.41. The molecule has 2 aromatic carbocycles. The first-order valence-electron chi connectivity index (χ1n) is 11.0. The molecule has 0 aromatic heterocycles. The van der Waals surface area contributed by atoms with Crippen LogP contribution in [0.5, 0.6) is 0 Å². The molecule has 2 aromatic rings. The number of sulfonamides is 1. The molecule has 0 aliphatic heterocycles. The predicted molar refractivity (Wildman–Crippen MR) is 138 cm³/mol. The number of nitrogens with zero attached hydrogens (tertiary/aromatic N) is 2. The number of nitrogens with one attached hydrogen (secondary N) is 1. The van der Waals surface area contributed by atoms with Gasteiger partial charge in [0.25, 0.3) is 0 Å². The maximum absolute atomic E-state index is 13.2. The van der Waals surface area contributed by atoms with Gasteiger partial charge < -0.3 is 10.2 Å². The fourth-order valence-corrected chi connectivity index (χ4v) is 4.68. The molecule has 10 heteroatoms. The third kappa shape index (κ3) is 8.49. The van der Waals surface area contributed by atoms with Gasteiger partial charge in [-0.1, -0.05) is 41.4 Å². The van der Waals surface area contributed by atoms with Crippen molar-refractivity contribution in [1.29, 1.82) is 0 Å². The molecule has 0 saturated carbocycles. The first-order chi connectivity index (χ1) is 15.9. The maximum atomic E-state index is 13.2. The lowest BCUT2D eigenvalue weighted by Gasteiger charge is -2.30. The van der Waals surface area contributed by atoms with Crippen molar-refractivity contribution in [2.75, 3.05) is 17.1 Å². The van der Waals surface area contributed by atoms with Crippen molar-refractivity contribution in [2.45, 2.75) is 52.2 Å². The van der Waals surface area contributed by atoms with Gasteiger partial charge in [0, 0.05) is 35.6 Å². The molecular weight excluding hydrogens is 497 g/mol. The number of benzene rings is 2. The van der Waals surface area contributed by atoms with E-state index in [1.165, 1.54) is 9.21 Å². The van der Waals surface area contributed by atoms with Crippen molar-refractivity contribution in [3.63, 3.8) is 0 Å². The second kappa shape index (κ2) is 12.4. The first-order valence-corrected chi connectivity index (χ1v) is 13.6. The van der Waals surface area contributed by atoms with Crippen LogP contribution in [0.15, 0.2) is 48.5 Å². The van der Waals surface area contributed by atoms with E-state index >= 15 is 0 Å². The van der Waals surface area contributed by atoms with Gasteiger partial charge in [0.05, 0.1) is 11.9 Å². The zero-order valence-electron chi connectivity index (χ0n) is 19.8. The topological polar surface area (TPSA) is 86.8 Å². The van der Waals surface area contributed by atoms with Gasteiger partial charge in [-0.3, -0.25) is 13.9 Å². The minimum absolute atomic E-state index is 0.0663. The lowest BCUT2D eigenvalue weighted by molar-refractivity contribution is -0.140. The number of amides is 2. The Morgan fingerprint density at radius 3 is 2.21 bits per heavy atom. The lowest BCUT2D eigenvalue weighted by atomic mass is 10.1. The highest BCUT2D eigenvalue weighted by atomic mass is 35.5. The van der Waals surface area contributed by atoms with E-state index in [9.17, 15) is 18.0 Å². The molecule has 1 atom stereocenters. The van der Waals surface area contributed by atoms with Gasteiger partial charge in [0.1, 0.15) is 6.04 Å². The van der Waals surface area contributed by atoms with Gasteiger partial charge in [-0.15, -0.1) is 0 Å². The Labute approximate surface area is 212 Å². The van der Waals surface area contributed by atoms with Crippen LogP contribution in [0, 0.1) is 0 Å². The van der Waals surface area contributed by atoms with Crippen LogP contribution in [0.4, 0.5) is 5.69 Å². The molecular formula is C24H31Cl2N3O4S. The molecule has 0 aliphatic rings. The van der Waals surface area contributed by atoms with Gasteiger partial charge in [-0.05, 0) is 63.1 Å². The van der Waals surface area contributed by atoms with Gasteiger partial charge in [0.15, 0.2) is 0 Å². The van der Waals surface area contributed by atoms with Crippen LogP contribution < -0.4 is 9.62 Å². The van der Waals surface area contributed by atoms with Gasteiger partial charge in [-0.2, -0.15) is 0 Å². The Bertz CT molecular complexity index is 1090. The Kier molecular flexibility index (Phi) is 10.2. The Hall–Kier alpha value is -2.29. The van der Waals surface area contributed by atoms with E-state index in [0.29, 0.717) is 15.7 Å². The maximum Gasteiger partial charge on any atom is 0.242 e. The van der Waals surface area contributed by atoms with Crippen molar-refractivity contribution in [3.05, 3.63) is 64.1 Å². The zero-order chi connectivity index (χ0) is 25.5. The SMILES string of the molecule is CC(C)NC(=O)[C@@H](C)N(Cc1ccc(Cl)cc1)C(=O)CCCN(c1cccc(Cl)c1)S(C)(=O)=O. The standard InChI is InChI=1S/C24H31Cl2N3O4S/c1-17(2)27-24(31)18(3)28(16-19-10-12-20(25)13-11-19)23(30)9-6-14-29(34(4,32)33)22-8-5-7-21(26)15-22/h5,7-8,10-13,15,17-18H,6,9,14,16H2,1-4H3,(H,27,31)/t18-/m1/s1. The van der Waals surface area contributed by atoms with Crippen LogP contribution in [0.1, 0.15) is 39.2 Å². The molecule has 0 aliphatic carbocycles. The van der Waals surface area contributed by atoms with E-state index in [-0.39, 0.29) is 43.8 Å². The molecule has 186 valence electrons.